The van der Waals surface area contributed by atoms with Gasteiger partial charge in [-0.2, -0.15) is 0 Å². The molecule has 1 aliphatic heterocycles. The lowest BCUT2D eigenvalue weighted by Gasteiger charge is -2.55. The molecule has 5 atom stereocenters. The predicted molar refractivity (Wildman–Crippen MR) is 91.9 cm³/mol. The summed E-state index contributed by atoms with van der Waals surface area (Å²) in [5, 5.41) is 3.93. The van der Waals surface area contributed by atoms with Crippen LogP contribution in [-0.2, 0) is 4.74 Å². The molecule has 1 heterocycles. The quantitative estimate of drug-likeness (QED) is 0.900. The number of fused-ring (bicyclic) bond motifs is 1. The van der Waals surface area contributed by atoms with E-state index < -0.39 is 0 Å². The Morgan fingerprint density at radius 1 is 1.09 bits per heavy atom. The number of rotatable bonds is 5. The molecule has 1 aromatic rings. The Bertz CT molecular complexity index is 509. The number of hydrogen-bond donors (Lipinski definition) is 1. The fraction of sp³-hybridized carbons (Fsp3) is 0.700. The van der Waals surface area contributed by atoms with Crippen LogP contribution in [0, 0.1) is 17.8 Å². The topological polar surface area (TPSA) is 30.5 Å². The van der Waals surface area contributed by atoms with Crippen LogP contribution in [0.2, 0.25) is 0 Å². The molecule has 3 nitrogen and oxygen atoms in total. The number of methoxy groups -OCH3 is 1. The Balaban J connectivity index is 1.46. The largest absolute Gasteiger partial charge is 0.497 e. The summed E-state index contributed by atoms with van der Waals surface area (Å²) in [6.07, 6.45) is 6.88. The summed E-state index contributed by atoms with van der Waals surface area (Å²) in [7, 11) is 1.74. The van der Waals surface area contributed by atoms with E-state index in [-0.39, 0.29) is 0 Å². The van der Waals surface area contributed by atoms with Crippen LogP contribution in [0.5, 0.6) is 5.75 Å². The number of ether oxygens (including phenoxy) is 2. The van der Waals surface area contributed by atoms with E-state index in [2.05, 4.69) is 29.6 Å². The summed E-state index contributed by atoms with van der Waals surface area (Å²) in [6.45, 7) is 3.02. The summed E-state index contributed by atoms with van der Waals surface area (Å²) in [4.78, 5) is 0. The predicted octanol–water partition coefficient (Wildman–Crippen LogP) is 3.59. The first-order valence-corrected chi connectivity index (χ1v) is 9.32. The van der Waals surface area contributed by atoms with Gasteiger partial charge in [0.05, 0.1) is 13.7 Å². The lowest BCUT2D eigenvalue weighted by Crippen LogP contribution is -2.58. The van der Waals surface area contributed by atoms with E-state index in [4.69, 9.17) is 9.47 Å². The normalized spacial score (nSPS) is 36.3. The summed E-state index contributed by atoms with van der Waals surface area (Å²) >= 11 is 0. The second kappa shape index (κ2) is 6.82. The third kappa shape index (κ3) is 3.01. The number of hydrogen-bond acceptors (Lipinski definition) is 3. The highest BCUT2D eigenvalue weighted by Gasteiger charge is 2.50. The molecule has 0 amide bonds. The van der Waals surface area contributed by atoms with Crippen LogP contribution in [0.4, 0.5) is 0 Å². The molecule has 2 aliphatic carbocycles. The van der Waals surface area contributed by atoms with Crippen molar-refractivity contribution in [2.45, 2.75) is 44.1 Å². The maximum atomic E-state index is 5.53. The summed E-state index contributed by atoms with van der Waals surface area (Å²) in [5.41, 5.74) is 1.49. The minimum atomic E-state index is 0.661. The van der Waals surface area contributed by atoms with Gasteiger partial charge >= 0.3 is 0 Å². The van der Waals surface area contributed by atoms with Crippen molar-refractivity contribution in [3.63, 3.8) is 0 Å². The molecule has 3 unspecified atom stereocenters. The van der Waals surface area contributed by atoms with E-state index in [0.717, 1.165) is 37.3 Å². The van der Waals surface area contributed by atoms with Gasteiger partial charge < -0.3 is 14.8 Å². The molecule has 0 bridgehead atoms. The fourth-order valence-corrected chi connectivity index (χ4v) is 5.07. The summed E-state index contributed by atoms with van der Waals surface area (Å²) in [5.74, 6) is 4.14. The molecule has 3 aliphatic rings. The van der Waals surface area contributed by atoms with Crippen molar-refractivity contribution in [3.8, 4) is 5.75 Å². The summed E-state index contributed by atoms with van der Waals surface area (Å²) in [6, 6.07) is 9.46. The van der Waals surface area contributed by atoms with E-state index in [1.807, 2.05) is 0 Å². The molecular weight excluding hydrogens is 286 g/mol. The lowest BCUT2D eigenvalue weighted by atomic mass is 9.53. The highest BCUT2D eigenvalue weighted by atomic mass is 16.5. The number of nitrogens with one attached hydrogen (secondary N) is 1. The molecule has 0 aromatic heterocycles. The third-order valence-electron chi connectivity index (χ3n) is 6.35. The van der Waals surface area contributed by atoms with Crippen LogP contribution in [-0.4, -0.2) is 32.9 Å². The average Bonchev–Trinajstić information content (AvgIpc) is 3.10. The molecule has 1 aromatic carbocycles. The highest BCUT2D eigenvalue weighted by Crippen LogP contribution is 2.54. The van der Waals surface area contributed by atoms with Gasteiger partial charge in [-0.25, -0.2) is 0 Å². The fourth-order valence-electron chi connectivity index (χ4n) is 5.07. The first-order valence-electron chi connectivity index (χ1n) is 9.32. The smallest absolute Gasteiger partial charge is 0.118 e. The van der Waals surface area contributed by atoms with Crippen molar-refractivity contribution >= 4 is 0 Å². The molecule has 4 rings (SSSR count). The van der Waals surface area contributed by atoms with Crippen molar-refractivity contribution in [2.75, 3.05) is 26.9 Å². The standard InChI is InChI=1S/C20H29NO2/c1-22-16-8-6-15(7-9-16)19-17-4-2-3-5-18(17)20(19)21-12-14-10-11-23-13-14/h6-9,14,17-21H,2-5,10-13H2,1H3/t14?,17?,18?,19-,20-/m0/s1. The molecule has 0 radical (unpaired) electrons. The van der Waals surface area contributed by atoms with Crippen molar-refractivity contribution in [1.29, 1.82) is 0 Å². The van der Waals surface area contributed by atoms with Gasteiger partial charge in [-0.05, 0) is 54.7 Å². The second-order valence-corrected chi connectivity index (χ2v) is 7.57. The van der Waals surface area contributed by atoms with E-state index in [9.17, 15) is 0 Å². The minimum absolute atomic E-state index is 0.661. The van der Waals surface area contributed by atoms with Gasteiger partial charge in [0, 0.05) is 25.1 Å². The molecule has 23 heavy (non-hydrogen) atoms. The van der Waals surface area contributed by atoms with Gasteiger partial charge in [0.1, 0.15) is 5.75 Å². The summed E-state index contributed by atoms with van der Waals surface area (Å²) < 4.78 is 10.9. The van der Waals surface area contributed by atoms with Crippen molar-refractivity contribution < 1.29 is 9.47 Å². The zero-order valence-electron chi connectivity index (χ0n) is 14.2. The van der Waals surface area contributed by atoms with Crippen molar-refractivity contribution in [3.05, 3.63) is 29.8 Å². The van der Waals surface area contributed by atoms with Gasteiger partial charge in [0.25, 0.3) is 0 Å². The zero-order valence-corrected chi connectivity index (χ0v) is 14.2. The van der Waals surface area contributed by atoms with Gasteiger partial charge in [-0.15, -0.1) is 0 Å². The van der Waals surface area contributed by atoms with Crippen molar-refractivity contribution in [2.24, 2.45) is 17.8 Å². The Morgan fingerprint density at radius 2 is 1.87 bits per heavy atom. The Kier molecular flexibility index (Phi) is 4.59. The molecule has 0 spiro atoms. The van der Waals surface area contributed by atoms with Crippen LogP contribution in [0.15, 0.2) is 24.3 Å². The lowest BCUT2D eigenvalue weighted by molar-refractivity contribution is 0.0240. The van der Waals surface area contributed by atoms with Crippen LogP contribution in [0.25, 0.3) is 0 Å². The van der Waals surface area contributed by atoms with E-state index >= 15 is 0 Å². The molecule has 1 saturated heterocycles. The van der Waals surface area contributed by atoms with E-state index in [0.29, 0.717) is 17.9 Å². The Labute approximate surface area is 139 Å². The molecular formula is C20H29NO2. The Morgan fingerprint density at radius 3 is 2.57 bits per heavy atom. The molecule has 126 valence electrons. The van der Waals surface area contributed by atoms with Gasteiger partial charge in [0.15, 0.2) is 0 Å². The van der Waals surface area contributed by atoms with Gasteiger partial charge in [-0.3, -0.25) is 0 Å². The highest BCUT2D eigenvalue weighted by molar-refractivity contribution is 5.33. The first kappa shape index (κ1) is 15.5. The van der Waals surface area contributed by atoms with Gasteiger partial charge in [-0.1, -0.05) is 25.0 Å². The maximum Gasteiger partial charge on any atom is 0.118 e. The second-order valence-electron chi connectivity index (χ2n) is 7.57. The van der Waals surface area contributed by atoms with E-state index in [1.54, 1.807) is 7.11 Å². The first-order chi connectivity index (χ1) is 11.4. The van der Waals surface area contributed by atoms with E-state index in [1.165, 1.54) is 37.7 Å². The zero-order chi connectivity index (χ0) is 15.6. The maximum absolute atomic E-state index is 5.53. The SMILES string of the molecule is COc1ccc([C@H]2C3CCCCC3[C@@H]2NCC2CCOC2)cc1. The third-order valence-corrected chi connectivity index (χ3v) is 6.35. The van der Waals surface area contributed by atoms with Crippen LogP contribution < -0.4 is 10.1 Å². The number of benzene rings is 1. The van der Waals surface area contributed by atoms with Gasteiger partial charge in [0.2, 0.25) is 0 Å². The molecule has 3 heteroatoms. The average molecular weight is 315 g/mol. The monoisotopic (exact) mass is 315 g/mol. The Hall–Kier alpha value is -1.06. The van der Waals surface area contributed by atoms with Crippen molar-refractivity contribution in [1.82, 2.24) is 5.32 Å². The molecule has 3 fully saturated rings. The minimum Gasteiger partial charge on any atom is -0.497 e. The van der Waals surface area contributed by atoms with Crippen LogP contribution in [0.1, 0.15) is 43.6 Å². The molecule has 1 N–H and O–H groups in total. The van der Waals surface area contributed by atoms with Crippen LogP contribution >= 0.6 is 0 Å². The molecule has 2 saturated carbocycles. The van der Waals surface area contributed by atoms with Crippen LogP contribution in [0.3, 0.4) is 0 Å².